The largest absolute Gasteiger partial charge is 0.507 e. The molecular weight excluding hydrogens is 490 g/mol. The lowest BCUT2D eigenvalue weighted by molar-refractivity contribution is -0.140. The summed E-state index contributed by atoms with van der Waals surface area (Å²) in [6, 6.07) is 15.0. The average molecular weight is 512 g/mol. The third-order valence-electron chi connectivity index (χ3n) is 5.58. The fourth-order valence-electron chi connectivity index (χ4n) is 3.86. The molecule has 2 aromatic carbocycles. The lowest BCUT2D eigenvalue weighted by Gasteiger charge is -2.23. The number of hydrogen-bond donors (Lipinski definition) is 1. The van der Waals surface area contributed by atoms with Gasteiger partial charge in [-0.25, -0.2) is 0 Å². The molecule has 1 N–H and O–H groups in total. The number of halogens is 1. The summed E-state index contributed by atoms with van der Waals surface area (Å²) in [5.41, 5.74) is 1.35. The number of nitrogens with zero attached hydrogens (tertiary/aromatic N) is 1. The Labute approximate surface area is 199 Å². The SMILES string of the molecule is COc1ccc(CCN2C(=O)C(=O)/C(=C(\O)c3ccc(OC)c(Br)c3)C2c2ccco2)cc1. The van der Waals surface area contributed by atoms with Gasteiger partial charge in [0.1, 0.15) is 29.1 Å². The third-order valence-corrected chi connectivity index (χ3v) is 6.20. The highest BCUT2D eigenvalue weighted by Gasteiger charge is 2.47. The molecule has 0 aliphatic carbocycles. The van der Waals surface area contributed by atoms with E-state index < -0.39 is 17.7 Å². The molecule has 0 radical (unpaired) electrons. The number of likely N-dealkylation sites (tertiary alicyclic amines) is 1. The Bertz CT molecular complexity index is 1200. The number of methoxy groups -OCH3 is 2. The van der Waals surface area contributed by atoms with Gasteiger partial charge in [-0.1, -0.05) is 12.1 Å². The Morgan fingerprint density at radius 2 is 1.85 bits per heavy atom. The number of ketones is 1. The van der Waals surface area contributed by atoms with Crippen molar-refractivity contribution in [1.29, 1.82) is 0 Å². The Hall–Kier alpha value is -3.52. The number of hydrogen-bond acceptors (Lipinski definition) is 6. The standard InChI is InChI=1S/C25H22BrNO6/c1-31-17-8-5-15(6-9-17)11-12-27-22(20-4-3-13-33-20)21(24(29)25(27)30)23(28)16-7-10-19(32-2)18(26)14-16/h3-10,13-14,22,28H,11-12H2,1-2H3/b23-21-. The van der Waals surface area contributed by atoms with E-state index in [1.165, 1.54) is 18.3 Å². The molecule has 33 heavy (non-hydrogen) atoms. The van der Waals surface area contributed by atoms with Crippen LogP contribution in [0.1, 0.15) is 22.9 Å². The summed E-state index contributed by atoms with van der Waals surface area (Å²) >= 11 is 3.39. The van der Waals surface area contributed by atoms with Gasteiger partial charge in [0.25, 0.3) is 11.7 Å². The monoisotopic (exact) mass is 511 g/mol. The summed E-state index contributed by atoms with van der Waals surface area (Å²) in [6.45, 7) is 0.269. The van der Waals surface area contributed by atoms with Gasteiger partial charge < -0.3 is 23.9 Å². The molecule has 1 fully saturated rings. The molecule has 4 rings (SSSR count). The first-order chi connectivity index (χ1) is 15.9. The maximum absolute atomic E-state index is 13.0. The van der Waals surface area contributed by atoms with E-state index in [9.17, 15) is 14.7 Å². The minimum absolute atomic E-state index is 0.0123. The maximum atomic E-state index is 13.0. The second-order valence-corrected chi connectivity index (χ2v) is 8.31. The molecule has 0 saturated carbocycles. The third kappa shape index (κ3) is 4.39. The van der Waals surface area contributed by atoms with Crippen molar-refractivity contribution in [2.75, 3.05) is 20.8 Å². The van der Waals surface area contributed by atoms with Crippen molar-refractivity contribution in [3.8, 4) is 11.5 Å². The number of aliphatic hydroxyl groups excluding tert-OH is 1. The van der Waals surface area contributed by atoms with Crippen LogP contribution in [0.2, 0.25) is 0 Å². The number of Topliss-reactive ketones (excluding diaryl/α,β-unsaturated/α-hetero) is 1. The summed E-state index contributed by atoms with van der Waals surface area (Å²) < 4.78 is 16.6. The quantitative estimate of drug-likeness (QED) is 0.280. The first-order valence-corrected chi connectivity index (χ1v) is 11.0. The normalized spacial score (nSPS) is 17.4. The van der Waals surface area contributed by atoms with Gasteiger partial charge in [0, 0.05) is 12.1 Å². The Kier molecular flexibility index (Phi) is 6.55. The van der Waals surface area contributed by atoms with E-state index in [0.717, 1.165) is 11.3 Å². The number of rotatable bonds is 7. The van der Waals surface area contributed by atoms with E-state index in [0.29, 0.717) is 28.0 Å². The molecule has 1 aliphatic heterocycles. The van der Waals surface area contributed by atoms with Crippen LogP contribution >= 0.6 is 15.9 Å². The zero-order chi connectivity index (χ0) is 23.5. The molecule has 3 aromatic rings. The van der Waals surface area contributed by atoms with Gasteiger partial charge in [-0.3, -0.25) is 9.59 Å². The summed E-state index contributed by atoms with van der Waals surface area (Å²) in [7, 11) is 3.13. The minimum atomic E-state index is -0.834. The van der Waals surface area contributed by atoms with Crippen molar-refractivity contribution in [1.82, 2.24) is 4.90 Å². The van der Waals surface area contributed by atoms with Gasteiger partial charge in [-0.05, 0) is 70.4 Å². The van der Waals surface area contributed by atoms with Crippen molar-refractivity contribution < 1.29 is 28.6 Å². The highest BCUT2D eigenvalue weighted by Crippen LogP contribution is 2.40. The van der Waals surface area contributed by atoms with E-state index in [1.54, 1.807) is 37.4 Å². The molecule has 1 unspecified atom stereocenters. The number of aliphatic hydroxyl groups is 1. The van der Waals surface area contributed by atoms with Crippen LogP contribution in [0.5, 0.6) is 11.5 Å². The number of benzene rings is 2. The van der Waals surface area contributed by atoms with Gasteiger partial charge in [0.2, 0.25) is 0 Å². The van der Waals surface area contributed by atoms with Crippen LogP contribution in [0.3, 0.4) is 0 Å². The molecule has 2 heterocycles. The molecule has 1 amide bonds. The van der Waals surface area contributed by atoms with Gasteiger partial charge in [-0.2, -0.15) is 0 Å². The van der Waals surface area contributed by atoms with Crippen LogP contribution in [0.25, 0.3) is 5.76 Å². The zero-order valence-electron chi connectivity index (χ0n) is 18.1. The molecule has 1 atom stereocenters. The summed E-state index contributed by atoms with van der Waals surface area (Å²) in [4.78, 5) is 27.5. The van der Waals surface area contributed by atoms with Crippen LogP contribution in [0.15, 0.2) is 75.3 Å². The molecule has 0 spiro atoms. The lowest BCUT2D eigenvalue weighted by Crippen LogP contribution is -2.31. The molecule has 7 nitrogen and oxygen atoms in total. The molecule has 170 valence electrons. The smallest absolute Gasteiger partial charge is 0.295 e. The minimum Gasteiger partial charge on any atom is -0.507 e. The predicted octanol–water partition coefficient (Wildman–Crippen LogP) is 4.72. The Morgan fingerprint density at radius 1 is 1.09 bits per heavy atom. The van der Waals surface area contributed by atoms with Gasteiger partial charge >= 0.3 is 0 Å². The van der Waals surface area contributed by atoms with Crippen LogP contribution < -0.4 is 9.47 Å². The fourth-order valence-corrected chi connectivity index (χ4v) is 4.40. The molecule has 1 aliphatic rings. The van der Waals surface area contributed by atoms with Crippen LogP contribution in [-0.2, 0) is 16.0 Å². The summed E-state index contributed by atoms with van der Waals surface area (Å²) in [6.07, 6.45) is 1.99. The van der Waals surface area contributed by atoms with Gasteiger partial charge in [0.05, 0.1) is 30.5 Å². The molecule has 0 bridgehead atoms. The number of amides is 1. The first-order valence-electron chi connectivity index (χ1n) is 10.2. The number of carbonyl (C=O) groups excluding carboxylic acids is 2. The summed E-state index contributed by atoms with van der Waals surface area (Å²) in [5, 5.41) is 11.1. The molecule has 1 saturated heterocycles. The average Bonchev–Trinajstić information content (AvgIpc) is 3.44. The van der Waals surface area contributed by atoms with E-state index >= 15 is 0 Å². The second kappa shape index (κ2) is 9.54. The lowest BCUT2D eigenvalue weighted by atomic mass is 9.99. The highest BCUT2D eigenvalue weighted by molar-refractivity contribution is 9.10. The van der Waals surface area contributed by atoms with Crippen molar-refractivity contribution in [3.63, 3.8) is 0 Å². The van der Waals surface area contributed by atoms with Gasteiger partial charge in [0.15, 0.2) is 0 Å². The van der Waals surface area contributed by atoms with Crippen molar-refractivity contribution >= 4 is 33.4 Å². The zero-order valence-corrected chi connectivity index (χ0v) is 19.7. The molecular formula is C25H22BrNO6. The van der Waals surface area contributed by atoms with Crippen LogP contribution in [0.4, 0.5) is 0 Å². The Balaban J connectivity index is 1.71. The summed E-state index contributed by atoms with van der Waals surface area (Å²) in [5.74, 6) is 0.00669. The second-order valence-electron chi connectivity index (χ2n) is 7.46. The van der Waals surface area contributed by atoms with Crippen molar-refractivity contribution in [2.45, 2.75) is 12.5 Å². The first kappa shape index (κ1) is 22.7. The van der Waals surface area contributed by atoms with Crippen LogP contribution in [0, 0.1) is 0 Å². The highest BCUT2D eigenvalue weighted by atomic mass is 79.9. The molecule has 1 aromatic heterocycles. The Morgan fingerprint density at radius 3 is 2.45 bits per heavy atom. The predicted molar refractivity (Wildman–Crippen MR) is 125 cm³/mol. The maximum Gasteiger partial charge on any atom is 0.295 e. The van der Waals surface area contributed by atoms with E-state index in [4.69, 9.17) is 13.9 Å². The fraction of sp³-hybridized carbons (Fsp3) is 0.200. The van der Waals surface area contributed by atoms with Gasteiger partial charge in [-0.15, -0.1) is 0 Å². The van der Waals surface area contributed by atoms with E-state index in [2.05, 4.69) is 15.9 Å². The van der Waals surface area contributed by atoms with E-state index in [1.807, 2.05) is 24.3 Å². The number of furan rings is 1. The number of ether oxygens (including phenoxy) is 2. The van der Waals surface area contributed by atoms with Crippen LogP contribution in [-0.4, -0.2) is 42.5 Å². The topological polar surface area (TPSA) is 89.2 Å². The molecule has 8 heteroatoms. The van der Waals surface area contributed by atoms with Crippen molar-refractivity contribution in [3.05, 3.63) is 87.8 Å². The van der Waals surface area contributed by atoms with E-state index in [-0.39, 0.29) is 17.9 Å². The number of carbonyl (C=O) groups is 2. The van der Waals surface area contributed by atoms with Crippen molar-refractivity contribution in [2.24, 2.45) is 0 Å².